The number of hydrogen-bond donors (Lipinski definition) is 2. The van der Waals surface area contributed by atoms with E-state index in [0.717, 1.165) is 10.9 Å². The fourth-order valence-corrected chi connectivity index (χ4v) is 2.34. The summed E-state index contributed by atoms with van der Waals surface area (Å²) in [6.45, 7) is 0.296. The van der Waals surface area contributed by atoms with Gasteiger partial charge in [-0.3, -0.25) is 0 Å². The Morgan fingerprint density at radius 2 is 2.31 bits per heavy atom. The highest BCUT2D eigenvalue weighted by Crippen LogP contribution is 2.25. The van der Waals surface area contributed by atoms with Crippen LogP contribution >= 0.6 is 11.3 Å². The lowest BCUT2D eigenvalue weighted by atomic mass is 10.1. The summed E-state index contributed by atoms with van der Waals surface area (Å²) >= 11 is 1.37. The summed E-state index contributed by atoms with van der Waals surface area (Å²) in [7, 11) is 0. The van der Waals surface area contributed by atoms with Gasteiger partial charge in [0.1, 0.15) is 5.82 Å². The Kier molecular flexibility index (Phi) is 3.05. The van der Waals surface area contributed by atoms with Crippen LogP contribution in [0.4, 0.5) is 9.18 Å². The van der Waals surface area contributed by atoms with Crippen LogP contribution in [0.2, 0.25) is 0 Å². The predicted molar refractivity (Wildman–Crippen MR) is 61.5 cm³/mol. The standard InChI is InChI=1S/C11H10FNO2S/c12-9-6-7(1-3-13-11(14)15)5-8-2-4-16-10(8)9/h2,4-6,13H,1,3H2,(H,14,15). The number of thiophene rings is 1. The number of carbonyl (C=O) groups is 1. The fraction of sp³-hybridized carbons (Fsp3) is 0.182. The maximum absolute atomic E-state index is 13.5. The molecular formula is C11H10FNO2S. The van der Waals surface area contributed by atoms with E-state index in [9.17, 15) is 9.18 Å². The molecule has 0 saturated carbocycles. The number of hydrogen-bond acceptors (Lipinski definition) is 2. The van der Waals surface area contributed by atoms with Crippen LogP contribution in [0.3, 0.4) is 0 Å². The molecule has 0 saturated heterocycles. The van der Waals surface area contributed by atoms with Gasteiger partial charge in [0, 0.05) is 6.54 Å². The summed E-state index contributed by atoms with van der Waals surface area (Å²) in [6.07, 6.45) is -0.563. The van der Waals surface area contributed by atoms with E-state index < -0.39 is 6.09 Å². The number of carboxylic acid groups (broad SMARTS) is 1. The third-order valence-electron chi connectivity index (χ3n) is 2.26. The molecule has 84 valence electrons. The molecule has 16 heavy (non-hydrogen) atoms. The molecule has 2 rings (SSSR count). The monoisotopic (exact) mass is 239 g/mol. The van der Waals surface area contributed by atoms with Gasteiger partial charge in [0.05, 0.1) is 4.70 Å². The minimum absolute atomic E-state index is 0.238. The molecule has 0 unspecified atom stereocenters. The molecule has 2 N–H and O–H groups in total. The highest BCUT2D eigenvalue weighted by molar-refractivity contribution is 7.17. The summed E-state index contributed by atoms with van der Waals surface area (Å²) in [5.41, 5.74) is 0.803. The van der Waals surface area contributed by atoms with E-state index in [-0.39, 0.29) is 5.82 Å². The molecule has 0 aliphatic carbocycles. The van der Waals surface area contributed by atoms with Crippen molar-refractivity contribution in [1.82, 2.24) is 5.32 Å². The van der Waals surface area contributed by atoms with Crippen LogP contribution in [0.25, 0.3) is 10.1 Å². The lowest BCUT2D eigenvalue weighted by Gasteiger charge is -2.03. The molecule has 1 amide bonds. The SMILES string of the molecule is O=C(O)NCCc1cc(F)c2sccc2c1. The van der Waals surface area contributed by atoms with Crippen molar-refractivity contribution in [3.8, 4) is 0 Å². The van der Waals surface area contributed by atoms with Crippen molar-refractivity contribution < 1.29 is 14.3 Å². The molecule has 0 bridgehead atoms. The second kappa shape index (κ2) is 4.49. The van der Waals surface area contributed by atoms with Gasteiger partial charge in [-0.2, -0.15) is 0 Å². The average molecular weight is 239 g/mol. The second-order valence-corrected chi connectivity index (χ2v) is 4.31. The van der Waals surface area contributed by atoms with E-state index in [1.165, 1.54) is 17.4 Å². The summed E-state index contributed by atoms with van der Waals surface area (Å²) in [5, 5.41) is 13.4. The van der Waals surface area contributed by atoms with Gasteiger partial charge in [-0.1, -0.05) is 6.07 Å². The number of nitrogens with one attached hydrogen (secondary N) is 1. The van der Waals surface area contributed by atoms with Crippen LogP contribution in [0, 0.1) is 5.82 Å². The van der Waals surface area contributed by atoms with Crippen LogP contribution in [-0.4, -0.2) is 17.7 Å². The molecule has 1 aromatic carbocycles. The largest absolute Gasteiger partial charge is 0.465 e. The first-order valence-electron chi connectivity index (χ1n) is 4.79. The van der Waals surface area contributed by atoms with E-state index in [0.29, 0.717) is 17.7 Å². The van der Waals surface area contributed by atoms with Crippen molar-refractivity contribution in [2.24, 2.45) is 0 Å². The van der Waals surface area contributed by atoms with E-state index in [1.807, 2.05) is 17.5 Å². The Bertz CT molecular complexity index is 524. The van der Waals surface area contributed by atoms with Gasteiger partial charge in [0.15, 0.2) is 0 Å². The first-order valence-corrected chi connectivity index (χ1v) is 5.67. The van der Waals surface area contributed by atoms with Gasteiger partial charge in [0.25, 0.3) is 0 Å². The Labute approximate surface area is 95.5 Å². The molecule has 0 aliphatic rings. The zero-order valence-electron chi connectivity index (χ0n) is 8.37. The van der Waals surface area contributed by atoms with Crippen LogP contribution in [-0.2, 0) is 6.42 Å². The van der Waals surface area contributed by atoms with Crippen molar-refractivity contribution in [2.45, 2.75) is 6.42 Å². The normalized spacial score (nSPS) is 10.6. The Morgan fingerprint density at radius 3 is 3.06 bits per heavy atom. The predicted octanol–water partition coefficient (Wildman–Crippen LogP) is 2.85. The Morgan fingerprint density at radius 1 is 1.50 bits per heavy atom. The van der Waals surface area contributed by atoms with Crippen LogP contribution < -0.4 is 5.32 Å². The Balaban J connectivity index is 2.15. The second-order valence-electron chi connectivity index (χ2n) is 3.40. The number of rotatable bonds is 3. The van der Waals surface area contributed by atoms with Crippen molar-refractivity contribution in [2.75, 3.05) is 6.54 Å². The van der Waals surface area contributed by atoms with E-state index in [4.69, 9.17) is 5.11 Å². The fourth-order valence-electron chi connectivity index (χ4n) is 1.55. The van der Waals surface area contributed by atoms with Gasteiger partial charge < -0.3 is 10.4 Å². The molecule has 0 spiro atoms. The molecule has 2 aromatic rings. The molecule has 0 atom stereocenters. The van der Waals surface area contributed by atoms with Gasteiger partial charge in [-0.05, 0) is 34.9 Å². The molecular weight excluding hydrogens is 229 g/mol. The van der Waals surface area contributed by atoms with E-state index in [1.54, 1.807) is 0 Å². The summed E-state index contributed by atoms with van der Waals surface area (Å²) in [6, 6.07) is 5.21. The topological polar surface area (TPSA) is 49.3 Å². The number of benzene rings is 1. The molecule has 1 heterocycles. The summed E-state index contributed by atoms with van der Waals surface area (Å²) in [5.74, 6) is -0.238. The number of fused-ring (bicyclic) bond motifs is 1. The van der Waals surface area contributed by atoms with Gasteiger partial charge >= 0.3 is 6.09 Å². The first kappa shape index (κ1) is 10.9. The highest BCUT2D eigenvalue weighted by atomic mass is 32.1. The maximum Gasteiger partial charge on any atom is 0.404 e. The lowest BCUT2D eigenvalue weighted by Crippen LogP contribution is -2.23. The van der Waals surface area contributed by atoms with Crippen molar-refractivity contribution in [1.29, 1.82) is 0 Å². The summed E-state index contributed by atoms with van der Waals surface area (Å²) < 4.78 is 14.2. The quantitative estimate of drug-likeness (QED) is 0.865. The molecule has 3 nitrogen and oxygen atoms in total. The third kappa shape index (κ3) is 2.30. The molecule has 0 radical (unpaired) electrons. The maximum atomic E-state index is 13.5. The molecule has 5 heteroatoms. The number of halogens is 1. The first-order chi connectivity index (χ1) is 7.66. The van der Waals surface area contributed by atoms with Crippen LogP contribution in [0.15, 0.2) is 23.6 Å². The van der Waals surface area contributed by atoms with Gasteiger partial charge in [-0.15, -0.1) is 11.3 Å². The minimum Gasteiger partial charge on any atom is -0.465 e. The molecule has 1 aromatic heterocycles. The molecule has 0 fully saturated rings. The third-order valence-corrected chi connectivity index (χ3v) is 3.19. The van der Waals surface area contributed by atoms with E-state index in [2.05, 4.69) is 5.32 Å². The van der Waals surface area contributed by atoms with Crippen LogP contribution in [0.5, 0.6) is 0 Å². The Hall–Kier alpha value is -1.62. The smallest absolute Gasteiger partial charge is 0.404 e. The number of amides is 1. The van der Waals surface area contributed by atoms with Crippen LogP contribution in [0.1, 0.15) is 5.56 Å². The van der Waals surface area contributed by atoms with Gasteiger partial charge in [-0.25, -0.2) is 9.18 Å². The highest BCUT2D eigenvalue weighted by Gasteiger charge is 2.05. The van der Waals surface area contributed by atoms with Gasteiger partial charge in [0.2, 0.25) is 0 Å². The molecule has 0 aliphatic heterocycles. The zero-order chi connectivity index (χ0) is 11.5. The minimum atomic E-state index is -1.06. The lowest BCUT2D eigenvalue weighted by molar-refractivity contribution is 0.194. The van der Waals surface area contributed by atoms with Crippen molar-refractivity contribution in [3.63, 3.8) is 0 Å². The zero-order valence-corrected chi connectivity index (χ0v) is 9.18. The van der Waals surface area contributed by atoms with E-state index >= 15 is 0 Å². The summed E-state index contributed by atoms with van der Waals surface area (Å²) in [4.78, 5) is 10.2. The van der Waals surface area contributed by atoms with Crippen molar-refractivity contribution >= 4 is 27.5 Å². The van der Waals surface area contributed by atoms with Crippen molar-refractivity contribution in [3.05, 3.63) is 35.0 Å². The average Bonchev–Trinajstić information content (AvgIpc) is 2.65.